The van der Waals surface area contributed by atoms with Crippen LogP contribution < -0.4 is 10.1 Å². The maximum absolute atomic E-state index is 5.91. The monoisotopic (exact) mass is 249 g/mol. The van der Waals surface area contributed by atoms with Crippen LogP contribution in [0, 0.1) is 0 Å². The van der Waals surface area contributed by atoms with Gasteiger partial charge in [-0.2, -0.15) is 0 Å². The first-order chi connectivity index (χ1) is 8.69. The van der Waals surface area contributed by atoms with Crippen molar-refractivity contribution in [3.63, 3.8) is 0 Å². The number of piperidine rings is 1. The predicted octanol–water partition coefficient (Wildman–Crippen LogP) is 1.83. The minimum Gasteiger partial charge on any atom is -0.474 e. The molecule has 1 fully saturated rings. The van der Waals surface area contributed by atoms with Gasteiger partial charge < -0.3 is 15.0 Å². The Balaban J connectivity index is 1.90. The van der Waals surface area contributed by atoms with Crippen LogP contribution in [0.3, 0.4) is 0 Å². The fourth-order valence-corrected chi connectivity index (χ4v) is 2.16. The number of aromatic nitrogens is 1. The highest BCUT2D eigenvalue weighted by atomic mass is 16.5. The van der Waals surface area contributed by atoms with Gasteiger partial charge in [0.15, 0.2) is 0 Å². The molecule has 1 aliphatic heterocycles. The second-order valence-electron chi connectivity index (χ2n) is 5.06. The van der Waals surface area contributed by atoms with Crippen molar-refractivity contribution in [2.75, 3.05) is 27.2 Å². The minimum atomic E-state index is 0.321. The maximum atomic E-state index is 5.91. The van der Waals surface area contributed by atoms with Gasteiger partial charge in [-0.15, -0.1) is 0 Å². The van der Waals surface area contributed by atoms with Crippen LogP contribution in [0.5, 0.6) is 5.88 Å². The Kier molecular flexibility index (Phi) is 4.55. The number of rotatable bonds is 4. The largest absolute Gasteiger partial charge is 0.474 e. The molecular formula is C14H23N3O. The molecule has 2 rings (SSSR count). The van der Waals surface area contributed by atoms with Gasteiger partial charge in [0.1, 0.15) is 6.10 Å². The van der Waals surface area contributed by atoms with Crippen molar-refractivity contribution in [2.45, 2.75) is 31.9 Å². The van der Waals surface area contributed by atoms with E-state index in [1.807, 2.05) is 19.3 Å². The van der Waals surface area contributed by atoms with Crippen molar-refractivity contribution < 1.29 is 4.74 Å². The van der Waals surface area contributed by atoms with Crippen molar-refractivity contribution in [1.29, 1.82) is 0 Å². The molecule has 18 heavy (non-hydrogen) atoms. The van der Waals surface area contributed by atoms with E-state index < -0.39 is 0 Å². The van der Waals surface area contributed by atoms with Gasteiger partial charge in [0, 0.05) is 31.4 Å². The SMILES string of the molecule is CNC(C)c1ccc(OC2CCN(C)CC2)nc1. The molecule has 0 radical (unpaired) electrons. The lowest BCUT2D eigenvalue weighted by molar-refractivity contribution is 0.110. The molecule has 0 aromatic carbocycles. The highest BCUT2D eigenvalue weighted by Gasteiger charge is 2.18. The zero-order chi connectivity index (χ0) is 13.0. The van der Waals surface area contributed by atoms with Gasteiger partial charge in [0.25, 0.3) is 0 Å². The molecule has 1 aliphatic rings. The quantitative estimate of drug-likeness (QED) is 0.883. The Hall–Kier alpha value is -1.13. The second kappa shape index (κ2) is 6.16. The first kappa shape index (κ1) is 13.3. The molecule has 1 aromatic rings. The lowest BCUT2D eigenvalue weighted by Crippen LogP contribution is -2.35. The molecule has 1 N–H and O–H groups in total. The topological polar surface area (TPSA) is 37.4 Å². The van der Waals surface area contributed by atoms with Crippen molar-refractivity contribution in [2.24, 2.45) is 0 Å². The summed E-state index contributed by atoms with van der Waals surface area (Å²) in [5.74, 6) is 0.747. The van der Waals surface area contributed by atoms with Crippen LogP contribution in [-0.4, -0.2) is 43.2 Å². The normalized spacial score (nSPS) is 19.7. The van der Waals surface area contributed by atoms with Crippen LogP contribution in [0.1, 0.15) is 31.4 Å². The minimum absolute atomic E-state index is 0.321. The Bertz CT molecular complexity index is 358. The zero-order valence-electron chi connectivity index (χ0n) is 11.5. The van der Waals surface area contributed by atoms with Crippen molar-refractivity contribution >= 4 is 0 Å². The summed E-state index contributed by atoms with van der Waals surface area (Å²) in [6.45, 7) is 4.34. The molecule has 4 nitrogen and oxygen atoms in total. The fraction of sp³-hybridized carbons (Fsp3) is 0.643. The van der Waals surface area contributed by atoms with Gasteiger partial charge in [-0.05, 0) is 39.4 Å². The number of hydrogen-bond donors (Lipinski definition) is 1. The summed E-state index contributed by atoms with van der Waals surface area (Å²) in [6.07, 6.45) is 4.40. The van der Waals surface area contributed by atoms with Crippen LogP contribution in [0.15, 0.2) is 18.3 Å². The van der Waals surface area contributed by atoms with Gasteiger partial charge in [-0.25, -0.2) is 4.98 Å². The summed E-state index contributed by atoms with van der Waals surface area (Å²) < 4.78 is 5.91. The molecule has 0 aliphatic carbocycles. The summed E-state index contributed by atoms with van der Waals surface area (Å²) in [4.78, 5) is 6.72. The van der Waals surface area contributed by atoms with E-state index in [1.54, 1.807) is 0 Å². The van der Waals surface area contributed by atoms with Gasteiger partial charge in [-0.1, -0.05) is 6.07 Å². The van der Waals surface area contributed by atoms with Crippen LogP contribution in [0.2, 0.25) is 0 Å². The molecule has 100 valence electrons. The van der Waals surface area contributed by atoms with Crippen LogP contribution in [-0.2, 0) is 0 Å². The molecule has 0 saturated carbocycles. The summed E-state index contributed by atoms with van der Waals surface area (Å²) in [5, 5.41) is 3.20. The van der Waals surface area contributed by atoms with E-state index in [1.165, 1.54) is 5.56 Å². The summed E-state index contributed by atoms with van der Waals surface area (Å²) >= 11 is 0. The summed E-state index contributed by atoms with van der Waals surface area (Å²) in [7, 11) is 4.11. The first-order valence-electron chi connectivity index (χ1n) is 6.67. The average molecular weight is 249 g/mol. The predicted molar refractivity (Wildman–Crippen MR) is 72.9 cm³/mol. The standard InChI is InChI=1S/C14H23N3O/c1-11(15-2)12-4-5-14(16-10-12)18-13-6-8-17(3)9-7-13/h4-5,10-11,13,15H,6-9H2,1-3H3. The van der Waals surface area contributed by atoms with Gasteiger partial charge >= 0.3 is 0 Å². The molecule has 0 amide bonds. The number of likely N-dealkylation sites (tertiary alicyclic amines) is 1. The van der Waals surface area contributed by atoms with E-state index in [4.69, 9.17) is 4.74 Å². The van der Waals surface area contributed by atoms with Crippen LogP contribution in [0.25, 0.3) is 0 Å². The van der Waals surface area contributed by atoms with Crippen LogP contribution >= 0.6 is 0 Å². The second-order valence-corrected chi connectivity index (χ2v) is 5.06. The first-order valence-corrected chi connectivity index (χ1v) is 6.67. The summed E-state index contributed by atoms with van der Waals surface area (Å²) in [6, 6.07) is 4.38. The molecule has 1 atom stereocenters. The third kappa shape index (κ3) is 3.43. The molecular weight excluding hydrogens is 226 g/mol. The maximum Gasteiger partial charge on any atom is 0.213 e. The van der Waals surface area contributed by atoms with Gasteiger partial charge in [0.05, 0.1) is 0 Å². The van der Waals surface area contributed by atoms with Crippen molar-refractivity contribution in [3.8, 4) is 5.88 Å². The number of nitrogens with one attached hydrogen (secondary N) is 1. The smallest absolute Gasteiger partial charge is 0.213 e. The number of nitrogens with zero attached hydrogens (tertiary/aromatic N) is 2. The van der Waals surface area contributed by atoms with E-state index >= 15 is 0 Å². The van der Waals surface area contributed by atoms with E-state index in [0.29, 0.717) is 12.1 Å². The molecule has 2 heterocycles. The lowest BCUT2D eigenvalue weighted by atomic mass is 10.1. The lowest BCUT2D eigenvalue weighted by Gasteiger charge is -2.28. The Morgan fingerprint density at radius 1 is 1.39 bits per heavy atom. The molecule has 1 unspecified atom stereocenters. The highest BCUT2D eigenvalue weighted by Crippen LogP contribution is 2.18. The fourth-order valence-electron chi connectivity index (χ4n) is 2.16. The Morgan fingerprint density at radius 2 is 2.11 bits per heavy atom. The van der Waals surface area contributed by atoms with Crippen molar-refractivity contribution in [1.82, 2.24) is 15.2 Å². The average Bonchev–Trinajstić information content (AvgIpc) is 2.41. The van der Waals surface area contributed by atoms with E-state index in [0.717, 1.165) is 31.8 Å². The molecule has 4 heteroatoms. The van der Waals surface area contributed by atoms with Gasteiger partial charge in [-0.3, -0.25) is 0 Å². The third-order valence-electron chi connectivity index (χ3n) is 3.65. The van der Waals surface area contributed by atoms with E-state index in [2.05, 4.69) is 35.2 Å². The van der Waals surface area contributed by atoms with E-state index in [9.17, 15) is 0 Å². The summed E-state index contributed by atoms with van der Waals surface area (Å²) in [5.41, 5.74) is 1.19. The van der Waals surface area contributed by atoms with Gasteiger partial charge in [0.2, 0.25) is 5.88 Å². The number of ether oxygens (including phenoxy) is 1. The Labute approximate surface area is 109 Å². The number of hydrogen-bond acceptors (Lipinski definition) is 4. The molecule has 1 aromatic heterocycles. The van der Waals surface area contributed by atoms with E-state index in [-0.39, 0.29) is 0 Å². The third-order valence-corrected chi connectivity index (χ3v) is 3.65. The highest BCUT2D eigenvalue weighted by molar-refractivity contribution is 5.20. The molecule has 0 spiro atoms. The van der Waals surface area contributed by atoms with Crippen molar-refractivity contribution in [3.05, 3.63) is 23.9 Å². The van der Waals surface area contributed by atoms with Crippen LogP contribution in [0.4, 0.5) is 0 Å². The Morgan fingerprint density at radius 3 is 2.67 bits per heavy atom. The molecule has 1 saturated heterocycles. The molecule has 0 bridgehead atoms. The zero-order valence-corrected chi connectivity index (χ0v) is 11.5. The number of pyridine rings is 1.